The van der Waals surface area contributed by atoms with Gasteiger partial charge in [0.05, 0.1) is 5.60 Å². The molecule has 0 spiro atoms. The lowest BCUT2D eigenvalue weighted by molar-refractivity contribution is 0.102. The molecule has 2 nitrogen and oxygen atoms in total. The molecule has 0 amide bonds. The summed E-state index contributed by atoms with van der Waals surface area (Å²) in [5, 5.41) is 16.6. The monoisotopic (exact) mass is 482 g/mol. The maximum atomic E-state index is 8.52. The van der Waals surface area contributed by atoms with Crippen LogP contribution in [0.15, 0.2) is 84.9 Å². The second kappa shape index (κ2) is 18.2. The molecule has 0 aliphatic heterocycles. The Morgan fingerprint density at radius 1 is 0.588 bits per heavy atom. The summed E-state index contributed by atoms with van der Waals surface area (Å²) in [6.45, 7) is 22.2. The van der Waals surface area contributed by atoms with Crippen LogP contribution in [0.5, 0.6) is 0 Å². The highest BCUT2D eigenvalue weighted by molar-refractivity contribution is 6.74. The van der Waals surface area contributed by atoms with E-state index in [1.54, 1.807) is 34.6 Å². The molecule has 3 heteroatoms. The number of aliphatic hydroxyl groups is 2. The van der Waals surface area contributed by atoms with E-state index in [-0.39, 0.29) is 6.10 Å². The first-order chi connectivity index (χ1) is 15.5. The number of aryl methyl sites for hydroxylation is 2. The standard InChI is InChI=1S/C13H12.C7H8.C4H10O.C4H12Si.C3H8O/c1-11-7-9-13(10-8-11)12-5-3-2-4-6-12;1-7-5-3-2-4-6-7;1-4(2,3)5;1-5(2,3)4;1-3(2)4/h2-10H,1H3;2-6H,1H3;5H,1-3H3;1-4H3;3-4H,1-2H3. The summed E-state index contributed by atoms with van der Waals surface area (Å²) in [5.41, 5.74) is 4.69. The number of rotatable bonds is 1. The third kappa shape index (κ3) is 32.0. The van der Waals surface area contributed by atoms with E-state index in [4.69, 9.17) is 10.2 Å². The molecule has 0 bridgehead atoms. The highest BCUT2D eigenvalue weighted by Gasteiger charge is 1.99. The second-order valence-corrected chi connectivity index (χ2v) is 17.2. The predicted molar refractivity (Wildman–Crippen MR) is 156 cm³/mol. The Morgan fingerprint density at radius 3 is 1.09 bits per heavy atom. The molecule has 0 aliphatic rings. The van der Waals surface area contributed by atoms with Gasteiger partial charge in [-0.15, -0.1) is 0 Å². The smallest absolute Gasteiger partial charge is 0.0563 e. The zero-order chi connectivity index (χ0) is 26.8. The van der Waals surface area contributed by atoms with Crippen molar-refractivity contribution < 1.29 is 10.2 Å². The molecule has 0 fully saturated rings. The molecule has 0 saturated heterocycles. The quantitative estimate of drug-likeness (QED) is 0.340. The van der Waals surface area contributed by atoms with Crippen LogP contribution in [0.25, 0.3) is 11.1 Å². The van der Waals surface area contributed by atoms with Crippen LogP contribution in [0.2, 0.25) is 26.2 Å². The maximum absolute atomic E-state index is 8.52. The summed E-state index contributed by atoms with van der Waals surface area (Å²) in [6, 6.07) is 29.3. The minimum absolute atomic E-state index is 0.167. The Bertz CT molecular complexity index is 802. The summed E-state index contributed by atoms with van der Waals surface area (Å²) >= 11 is 0. The van der Waals surface area contributed by atoms with Gasteiger partial charge in [-0.2, -0.15) is 0 Å². The first-order valence-electron chi connectivity index (χ1n) is 12.0. The fourth-order valence-corrected chi connectivity index (χ4v) is 1.91. The van der Waals surface area contributed by atoms with E-state index >= 15 is 0 Å². The largest absolute Gasteiger partial charge is 0.394 e. The molecule has 0 unspecified atom stereocenters. The van der Waals surface area contributed by atoms with Crippen LogP contribution in [-0.4, -0.2) is 30.0 Å². The van der Waals surface area contributed by atoms with Crippen molar-refractivity contribution in [3.63, 3.8) is 0 Å². The highest BCUT2D eigenvalue weighted by Crippen LogP contribution is 2.18. The molecule has 2 N–H and O–H groups in total. The first kappa shape index (κ1) is 34.0. The fraction of sp³-hybridized carbons (Fsp3) is 0.419. The minimum atomic E-state index is -0.611. The van der Waals surface area contributed by atoms with Crippen LogP contribution in [0, 0.1) is 13.8 Å². The van der Waals surface area contributed by atoms with Crippen LogP contribution in [0.3, 0.4) is 0 Å². The van der Waals surface area contributed by atoms with Gasteiger partial charge >= 0.3 is 0 Å². The van der Waals surface area contributed by atoms with E-state index in [9.17, 15) is 0 Å². The summed E-state index contributed by atoms with van der Waals surface area (Å²) < 4.78 is 0. The molecule has 3 aromatic carbocycles. The third-order valence-electron chi connectivity index (χ3n) is 3.10. The van der Waals surface area contributed by atoms with Crippen LogP contribution in [0.1, 0.15) is 45.7 Å². The molecule has 34 heavy (non-hydrogen) atoms. The molecule has 3 rings (SSSR count). The minimum Gasteiger partial charge on any atom is -0.394 e. The van der Waals surface area contributed by atoms with Gasteiger partial charge in [-0.3, -0.25) is 0 Å². The van der Waals surface area contributed by atoms with Gasteiger partial charge in [-0.1, -0.05) is 122 Å². The van der Waals surface area contributed by atoms with Gasteiger partial charge in [0, 0.05) is 14.2 Å². The Kier molecular flexibility index (Phi) is 18.1. The fourth-order valence-electron chi connectivity index (χ4n) is 1.91. The average Bonchev–Trinajstić information content (AvgIpc) is 2.67. The Balaban J connectivity index is 0. The molecule has 0 saturated carbocycles. The van der Waals surface area contributed by atoms with Gasteiger partial charge in [0.15, 0.2) is 0 Å². The lowest BCUT2D eigenvalue weighted by Gasteiger charge is -2.04. The molecular weight excluding hydrogens is 432 g/mol. The van der Waals surface area contributed by atoms with Crippen LogP contribution in [0.4, 0.5) is 0 Å². The van der Waals surface area contributed by atoms with Gasteiger partial charge < -0.3 is 10.2 Å². The second-order valence-electron chi connectivity index (χ2n) is 11.2. The van der Waals surface area contributed by atoms with Gasteiger partial charge in [0.25, 0.3) is 0 Å². The zero-order valence-corrected chi connectivity index (χ0v) is 24.6. The van der Waals surface area contributed by atoms with Crippen molar-refractivity contribution in [2.75, 3.05) is 0 Å². The lowest BCUT2D eigenvalue weighted by atomic mass is 10.0. The van der Waals surface area contributed by atoms with E-state index in [0.717, 1.165) is 0 Å². The van der Waals surface area contributed by atoms with Crippen molar-refractivity contribution in [3.8, 4) is 11.1 Å². The van der Waals surface area contributed by atoms with Crippen molar-refractivity contribution in [3.05, 3.63) is 96.1 Å². The number of aliphatic hydroxyl groups excluding tert-OH is 1. The van der Waals surface area contributed by atoms with Crippen molar-refractivity contribution in [2.45, 2.75) is 86.4 Å². The molecule has 0 atom stereocenters. The third-order valence-corrected chi connectivity index (χ3v) is 3.10. The van der Waals surface area contributed by atoms with Crippen molar-refractivity contribution in [1.29, 1.82) is 0 Å². The van der Waals surface area contributed by atoms with Gasteiger partial charge in [0.2, 0.25) is 0 Å². The lowest BCUT2D eigenvalue weighted by Crippen LogP contribution is -2.10. The highest BCUT2D eigenvalue weighted by atomic mass is 28.3. The number of hydrogen-bond acceptors (Lipinski definition) is 2. The van der Waals surface area contributed by atoms with Crippen molar-refractivity contribution in [1.82, 2.24) is 0 Å². The number of hydrogen-bond donors (Lipinski definition) is 2. The van der Waals surface area contributed by atoms with Crippen molar-refractivity contribution in [2.24, 2.45) is 0 Å². The SMILES string of the molecule is CC(C)(C)O.CC(C)O.C[Si](C)(C)C.Cc1ccc(-c2ccccc2)cc1.Cc1ccccc1. The summed E-state index contributed by atoms with van der Waals surface area (Å²) in [5.74, 6) is 0. The predicted octanol–water partition coefficient (Wildman–Crippen LogP) is 8.78. The molecule has 0 radical (unpaired) electrons. The van der Waals surface area contributed by atoms with E-state index in [2.05, 4.69) is 101 Å². The van der Waals surface area contributed by atoms with E-state index in [0.29, 0.717) is 0 Å². The van der Waals surface area contributed by atoms with E-state index in [1.807, 2.05) is 24.3 Å². The van der Waals surface area contributed by atoms with Gasteiger partial charge in [-0.25, -0.2) is 0 Å². The van der Waals surface area contributed by atoms with Crippen molar-refractivity contribution >= 4 is 8.07 Å². The molecule has 0 aromatic heterocycles. The topological polar surface area (TPSA) is 40.5 Å². The normalized spacial score (nSPS) is 10.2. The Labute approximate surface area is 211 Å². The van der Waals surface area contributed by atoms with Crippen LogP contribution < -0.4 is 0 Å². The molecule has 0 heterocycles. The van der Waals surface area contributed by atoms with Gasteiger partial charge in [-0.05, 0) is 59.6 Å². The van der Waals surface area contributed by atoms with Gasteiger partial charge in [0.1, 0.15) is 0 Å². The van der Waals surface area contributed by atoms with Crippen LogP contribution >= 0.6 is 0 Å². The maximum Gasteiger partial charge on any atom is 0.0563 e. The van der Waals surface area contributed by atoms with E-state index < -0.39 is 13.7 Å². The average molecular weight is 483 g/mol. The molecule has 0 aliphatic carbocycles. The molecule has 190 valence electrons. The number of benzene rings is 3. The Morgan fingerprint density at radius 2 is 0.824 bits per heavy atom. The van der Waals surface area contributed by atoms with E-state index in [1.165, 1.54) is 22.3 Å². The Hall–Kier alpha value is -2.20. The van der Waals surface area contributed by atoms with Crippen LogP contribution in [-0.2, 0) is 0 Å². The molecule has 3 aromatic rings. The summed E-state index contributed by atoms with van der Waals surface area (Å²) in [7, 11) is -0.611. The zero-order valence-electron chi connectivity index (χ0n) is 23.6. The summed E-state index contributed by atoms with van der Waals surface area (Å²) in [6.07, 6.45) is -0.167. The first-order valence-corrected chi connectivity index (χ1v) is 16.0. The molecular formula is C31H50O2Si. The summed E-state index contributed by atoms with van der Waals surface area (Å²) in [4.78, 5) is 0.